The summed E-state index contributed by atoms with van der Waals surface area (Å²) in [5.74, 6) is 0.975. The van der Waals surface area contributed by atoms with Gasteiger partial charge in [-0.1, -0.05) is 36.4 Å². The van der Waals surface area contributed by atoms with Gasteiger partial charge in [0.05, 0.1) is 23.9 Å². The first-order chi connectivity index (χ1) is 14.1. The fourth-order valence-electron chi connectivity index (χ4n) is 3.01. The number of nitrogens with one attached hydrogen (secondary N) is 1. The van der Waals surface area contributed by atoms with Gasteiger partial charge in [-0.2, -0.15) is 0 Å². The van der Waals surface area contributed by atoms with Crippen LogP contribution in [0.1, 0.15) is 16.7 Å². The highest BCUT2D eigenvalue weighted by Gasteiger charge is 2.10. The number of amides is 1. The summed E-state index contributed by atoms with van der Waals surface area (Å²) in [6.45, 7) is 4.97. The summed E-state index contributed by atoms with van der Waals surface area (Å²) in [6.07, 6.45) is 0. The maximum absolute atomic E-state index is 12.0. The molecule has 8 heteroatoms. The van der Waals surface area contributed by atoms with Crippen molar-refractivity contribution in [2.24, 2.45) is 0 Å². The Morgan fingerprint density at radius 1 is 1.03 bits per heavy atom. The fourth-order valence-corrected chi connectivity index (χ4v) is 3.82. The zero-order valence-corrected chi connectivity index (χ0v) is 17.0. The van der Waals surface area contributed by atoms with E-state index >= 15 is 0 Å². The van der Waals surface area contributed by atoms with Gasteiger partial charge in [0, 0.05) is 44.1 Å². The Hall–Kier alpha value is -2.42. The van der Waals surface area contributed by atoms with Crippen LogP contribution in [0.3, 0.4) is 0 Å². The molecule has 0 aromatic heterocycles. The Morgan fingerprint density at radius 3 is 2.31 bits per heavy atom. The largest absolute Gasteiger partial charge is 0.379 e. The number of carbonyl (C=O) groups is 1. The van der Waals surface area contributed by atoms with Crippen molar-refractivity contribution in [1.82, 2.24) is 10.2 Å². The van der Waals surface area contributed by atoms with Gasteiger partial charge in [-0.05, 0) is 16.7 Å². The van der Waals surface area contributed by atoms with Gasteiger partial charge >= 0.3 is 0 Å². The number of benzene rings is 2. The molecule has 154 valence electrons. The van der Waals surface area contributed by atoms with Crippen molar-refractivity contribution in [1.29, 1.82) is 0 Å². The number of nitrogens with zero attached hydrogens (tertiary/aromatic N) is 2. The minimum atomic E-state index is -0.417. The van der Waals surface area contributed by atoms with Crippen molar-refractivity contribution in [3.8, 4) is 0 Å². The molecule has 1 aliphatic heterocycles. The third kappa shape index (κ3) is 7.16. The predicted molar refractivity (Wildman–Crippen MR) is 114 cm³/mol. The molecule has 0 radical (unpaired) electrons. The summed E-state index contributed by atoms with van der Waals surface area (Å²) < 4.78 is 5.37. The van der Waals surface area contributed by atoms with Gasteiger partial charge in [0.25, 0.3) is 5.69 Å². The number of nitro benzene ring substituents is 1. The zero-order chi connectivity index (χ0) is 20.5. The topological polar surface area (TPSA) is 84.7 Å². The monoisotopic (exact) mass is 415 g/mol. The molecule has 29 heavy (non-hydrogen) atoms. The van der Waals surface area contributed by atoms with Gasteiger partial charge in [0.2, 0.25) is 5.91 Å². The van der Waals surface area contributed by atoms with Crippen LogP contribution in [-0.4, -0.2) is 47.8 Å². The molecule has 0 atom stereocenters. The zero-order valence-electron chi connectivity index (χ0n) is 16.2. The lowest BCUT2D eigenvalue weighted by Crippen LogP contribution is -2.35. The van der Waals surface area contributed by atoms with E-state index in [1.165, 1.54) is 29.5 Å². The minimum absolute atomic E-state index is 0.0192. The van der Waals surface area contributed by atoms with Crippen LogP contribution in [0, 0.1) is 10.1 Å². The van der Waals surface area contributed by atoms with Crippen molar-refractivity contribution in [3.63, 3.8) is 0 Å². The van der Waals surface area contributed by atoms with E-state index in [4.69, 9.17) is 4.74 Å². The Kier molecular flexibility index (Phi) is 8.03. The number of hydrogen-bond donors (Lipinski definition) is 1. The second-order valence-electron chi connectivity index (χ2n) is 6.90. The van der Waals surface area contributed by atoms with Gasteiger partial charge < -0.3 is 10.1 Å². The molecule has 1 saturated heterocycles. The van der Waals surface area contributed by atoms with Crippen LogP contribution in [0.5, 0.6) is 0 Å². The summed E-state index contributed by atoms with van der Waals surface area (Å²) in [4.78, 5) is 24.7. The molecule has 3 rings (SSSR count). The third-order valence-corrected chi connectivity index (χ3v) is 5.68. The number of ether oxygens (including phenoxy) is 1. The van der Waals surface area contributed by atoms with Gasteiger partial charge in [0.15, 0.2) is 0 Å². The van der Waals surface area contributed by atoms with Crippen LogP contribution in [0.15, 0.2) is 48.5 Å². The van der Waals surface area contributed by atoms with Crippen LogP contribution < -0.4 is 5.32 Å². The molecule has 2 aromatic rings. The summed E-state index contributed by atoms with van der Waals surface area (Å²) >= 11 is 1.49. The smallest absolute Gasteiger partial charge is 0.269 e. The molecule has 1 amide bonds. The van der Waals surface area contributed by atoms with Crippen molar-refractivity contribution in [2.45, 2.75) is 18.8 Å². The lowest BCUT2D eigenvalue weighted by Gasteiger charge is -2.26. The quantitative estimate of drug-likeness (QED) is 0.501. The average molecular weight is 416 g/mol. The molecular formula is C21H25N3O4S. The normalized spacial score (nSPS) is 14.5. The average Bonchev–Trinajstić information content (AvgIpc) is 2.74. The maximum atomic E-state index is 12.0. The molecule has 1 aliphatic rings. The maximum Gasteiger partial charge on any atom is 0.269 e. The molecule has 1 N–H and O–H groups in total. The number of rotatable bonds is 9. The molecule has 1 fully saturated rings. The van der Waals surface area contributed by atoms with Gasteiger partial charge in [-0.15, -0.1) is 11.8 Å². The van der Waals surface area contributed by atoms with Crippen LogP contribution >= 0.6 is 11.8 Å². The highest BCUT2D eigenvalue weighted by Crippen LogP contribution is 2.16. The van der Waals surface area contributed by atoms with Crippen molar-refractivity contribution in [3.05, 3.63) is 75.3 Å². The SMILES string of the molecule is O=C(CSCc1ccc([N+](=O)[O-])cc1)NCc1ccc(CN2CCOCC2)cc1. The van der Waals surface area contributed by atoms with Crippen LogP contribution in [0.4, 0.5) is 5.69 Å². The number of morpholine rings is 1. The molecule has 2 aromatic carbocycles. The van der Waals surface area contributed by atoms with E-state index in [1.54, 1.807) is 12.1 Å². The molecule has 1 heterocycles. The first-order valence-corrected chi connectivity index (χ1v) is 10.7. The fraction of sp³-hybridized carbons (Fsp3) is 0.381. The van der Waals surface area contributed by atoms with E-state index in [1.807, 2.05) is 0 Å². The predicted octanol–water partition coefficient (Wildman–Crippen LogP) is 2.98. The van der Waals surface area contributed by atoms with Gasteiger partial charge in [-0.3, -0.25) is 19.8 Å². The first kappa shape index (κ1) is 21.3. The Labute approximate surface area is 174 Å². The van der Waals surface area contributed by atoms with Crippen molar-refractivity contribution >= 4 is 23.4 Å². The second kappa shape index (κ2) is 10.9. The summed E-state index contributed by atoms with van der Waals surface area (Å²) in [7, 11) is 0. The molecule has 0 bridgehead atoms. The third-order valence-electron chi connectivity index (χ3n) is 4.67. The Morgan fingerprint density at radius 2 is 1.66 bits per heavy atom. The highest BCUT2D eigenvalue weighted by molar-refractivity contribution is 7.99. The van der Waals surface area contributed by atoms with E-state index in [0.29, 0.717) is 18.1 Å². The number of thioether (sulfide) groups is 1. The lowest BCUT2D eigenvalue weighted by molar-refractivity contribution is -0.384. The number of nitro groups is 1. The van der Waals surface area contributed by atoms with E-state index in [9.17, 15) is 14.9 Å². The summed E-state index contributed by atoms with van der Waals surface area (Å²) in [5, 5.41) is 13.6. The summed E-state index contributed by atoms with van der Waals surface area (Å²) in [5.41, 5.74) is 3.38. The van der Waals surface area contributed by atoms with Crippen LogP contribution in [0.25, 0.3) is 0 Å². The van der Waals surface area contributed by atoms with Crippen LogP contribution in [0.2, 0.25) is 0 Å². The molecule has 0 spiro atoms. The lowest BCUT2D eigenvalue weighted by atomic mass is 10.1. The molecule has 7 nitrogen and oxygen atoms in total. The Balaban J connectivity index is 1.35. The van der Waals surface area contributed by atoms with E-state index in [0.717, 1.165) is 44.0 Å². The molecule has 0 saturated carbocycles. The van der Waals surface area contributed by atoms with E-state index < -0.39 is 4.92 Å². The van der Waals surface area contributed by atoms with E-state index in [2.05, 4.69) is 34.5 Å². The van der Waals surface area contributed by atoms with Gasteiger partial charge in [0.1, 0.15) is 0 Å². The van der Waals surface area contributed by atoms with Crippen LogP contribution in [-0.2, 0) is 28.4 Å². The van der Waals surface area contributed by atoms with Crippen molar-refractivity contribution in [2.75, 3.05) is 32.1 Å². The first-order valence-electron chi connectivity index (χ1n) is 9.56. The van der Waals surface area contributed by atoms with E-state index in [-0.39, 0.29) is 11.6 Å². The number of hydrogen-bond acceptors (Lipinski definition) is 6. The molecule has 0 aliphatic carbocycles. The standard InChI is InChI=1S/C21H25N3O4S/c25-21(16-29-15-19-5-7-20(8-6-19)24(26)27)22-13-17-1-3-18(4-2-17)14-23-9-11-28-12-10-23/h1-8H,9-16H2,(H,22,25). The summed E-state index contributed by atoms with van der Waals surface area (Å²) in [6, 6.07) is 14.8. The molecule has 0 unspecified atom stereocenters. The minimum Gasteiger partial charge on any atom is -0.379 e. The molecular weight excluding hydrogens is 390 g/mol. The number of carbonyl (C=O) groups excluding carboxylic acids is 1. The Bertz CT molecular complexity index is 806. The highest BCUT2D eigenvalue weighted by atomic mass is 32.2. The van der Waals surface area contributed by atoms with Crippen molar-refractivity contribution < 1.29 is 14.5 Å². The number of non-ortho nitro benzene ring substituents is 1. The van der Waals surface area contributed by atoms with Gasteiger partial charge in [-0.25, -0.2) is 0 Å². The second-order valence-corrected chi connectivity index (χ2v) is 7.88.